The highest BCUT2D eigenvalue weighted by Gasteiger charge is 2.21. The third-order valence-electron chi connectivity index (χ3n) is 3.11. The van der Waals surface area contributed by atoms with E-state index in [2.05, 4.69) is 0 Å². The molecule has 0 aromatic carbocycles. The number of hydrogen-bond acceptors (Lipinski definition) is 4. The molecular weight excluding hydrogens is 226 g/mol. The lowest BCUT2D eigenvalue weighted by Gasteiger charge is -2.26. The van der Waals surface area contributed by atoms with Crippen LogP contribution in [0.25, 0.3) is 0 Å². The lowest BCUT2D eigenvalue weighted by molar-refractivity contribution is 0.0327. The maximum Gasteiger partial charge on any atom is 0.154 e. The van der Waals surface area contributed by atoms with Gasteiger partial charge in [0.15, 0.2) is 9.84 Å². The maximum absolute atomic E-state index is 11.5. The summed E-state index contributed by atoms with van der Waals surface area (Å²) >= 11 is 0. The fourth-order valence-corrected chi connectivity index (χ4v) is 2.70. The molecule has 0 aromatic heterocycles. The standard InChI is InChI=1S/C11H23NO3S/c1-9(2)16(13,14)7-6-15-11-5-3-4-10(12)8-11/h9-11H,3-8,12H2,1-2H3. The Morgan fingerprint density at radius 3 is 2.62 bits per heavy atom. The van der Waals surface area contributed by atoms with Crippen molar-refractivity contribution >= 4 is 9.84 Å². The second-order valence-corrected chi connectivity index (χ2v) is 7.51. The second kappa shape index (κ2) is 5.98. The van der Waals surface area contributed by atoms with Gasteiger partial charge in [-0.1, -0.05) is 0 Å². The van der Waals surface area contributed by atoms with Crippen molar-refractivity contribution in [1.29, 1.82) is 0 Å². The predicted molar refractivity (Wildman–Crippen MR) is 65.1 cm³/mol. The van der Waals surface area contributed by atoms with Crippen molar-refractivity contribution < 1.29 is 13.2 Å². The van der Waals surface area contributed by atoms with E-state index in [-0.39, 0.29) is 23.1 Å². The molecule has 0 saturated heterocycles. The molecular formula is C11H23NO3S. The van der Waals surface area contributed by atoms with Crippen LogP contribution in [0.15, 0.2) is 0 Å². The molecule has 4 nitrogen and oxygen atoms in total. The molecule has 2 unspecified atom stereocenters. The van der Waals surface area contributed by atoms with Crippen LogP contribution in [-0.4, -0.2) is 38.2 Å². The SMILES string of the molecule is CC(C)S(=O)(=O)CCOC1CCCC(N)C1. The van der Waals surface area contributed by atoms with Gasteiger partial charge in [-0.25, -0.2) is 8.42 Å². The third-order valence-corrected chi connectivity index (χ3v) is 5.28. The Kier molecular flexibility index (Phi) is 5.21. The number of nitrogens with two attached hydrogens (primary N) is 1. The van der Waals surface area contributed by atoms with Gasteiger partial charge in [0.2, 0.25) is 0 Å². The lowest BCUT2D eigenvalue weighted by Crippen LogP contribution is -2.33. The van der Waals surface area contributed by atoms with E-state index in [9.17, 15) is 8.42 Å². The molecule has 16 heavy (non-hydrogen) atoms. The van der Waals surface area contributed by atoms with Gasteiger partial charge in [-0.3, -0.25) is 0 Å². The zero-order chi connectivity index (χ0) is 12.2. The molecule has 0 aromatic rings. The molecule has 0 bridgehead atoms. The van der Waals surface area contributed by atoms with Crippen molar-refractivity contribution in [1.82, 2.24) is 0 Å². The average Bonchev–Trinajstić information content (AvgIpc) is 2.17. The quantitative estimate of drug-likeness (QED) is 0.792. The third kappa shape index (κ3) is 4.39. The smallest absolute Gasteiger partial charge is 0.154 e. The highest BCUT2D eigenvalue weighted by molar-refractivity contribution is 7.91. The highest BCUT2D eigenvalue weighted by Crippen LogP contribution is 2.19. The molecule has 1 rings (SSSR count). The summed E-state index contributed by atoms with van der Waals surface area (Å²) in [6.45, 7) is 3.70. The number of ether oxygens (including phenoxy) is 1. The molecule has 2 N–H and O–H groups in total. The summed E-state index contributed by atoms with van der Waals surface area (Å²) in [4.78, 5) is 0. The van der Waals surface area contributed by atoms with Crippen LogP contribution < -0.4 is 5.73 Å². The lowest BCUT2D eigenvalue weighted by atomic mass is 9.94. The monoisotopic (exact) mass is 249 g/mol. The second-order valence-electron chi connectivity index (χ2n) is 4.84. The predicted octanol–water partition coefficient (Wildman–Crippen LogP) is 1.10. The molecule has 0 radical (unpaired) electrons. The zero-order valence-electron chi connectivity index (χ0n) is 10.2. The molecule has 5 heteroatoms. The zero-order valence-corrected chi connectivity index (χ0v) is 11.0. The van der Waals surface area contributed by atoms with Crippen LogP contribution in [0.1, 0.15) is 39.5 Å². The number of sulfone groups is 1. The van der Waals surface area contributed by atoms with E-state index >= 15 is 0 Å². The van der Waals surface area contributed by atoms with E-state index in [1.54, 1.807) is 13.8 Å². The molecule has 1 aliphatic carbocycles. The Hall–Kier alpha value is -0.130. The van der Waals surface area contributed by atoms with Crippen molar-refractivity contribution in [2.45, 2.75) is 56.9 Å². The first-order valence-corrected chi connectivity index (χ1v) is 7.72. The van der Waals surface area contributed by atoms with Crippen LogP contribution in [0, 0.1) is 0 Å². The van der Waals surface area contributed by atoms with E-state index in [1.165, 1.54) is 0 Å². The van der Waals surface area contributed by atoms with Crippen molar-refractivity contribution in [2.75, 3.05) is 12.4 Å². The van der Waals surface area contributed by atoms with Crippen LogP contribution >= 0.6 is 0 Å². The summed E-state index contributed by atoms with van der Waals surface area (Å²) < 4.78 is 28.6. The summed E-state index contributed by atoms with van der Waals surface area (Å²) in [6, 6.07) is 0.223. The van der Waals surface area contributed by atoms with Crippen molar-refractivity contribution in [2.24, 2.45) is 5.73 Å². The molecule has 0 spiro atoms. The Labute approximate surface area is 98.5 Å². The Bertz CT molecular complexity index is 300. The van der Waals surface area contributed by atoms with Crippen molar-refractivity contribution in [3.05, 3.63) is 0 Å². The van der Waals surface area contributed by atoms with Gasteiger partial charge >= 0.3 is 0 Å². The average molecular weight is 249 g/mol. The van der Waals surface area contributed by atoms with Crippen molar-refractivity contribution in [3.63, 3.8) is 0 Å². The van der Waals surface area contributed by atoms with Gasteiger partial charge in [-0.05, 0) is 39.5 Å². The van der Waals surface area contributed by atoms with Crippen LogP contribution in [0.5, 0.6) is 0 Å². The number of rotatable bonds is 5. The molecule has 96 valence electrons. The molecule has 1 saturated carbocycles. The Morgan fingerprint density at radius 1 is 1.38 bits per heavy atom. The van der Waals surface area contributed by atoms with Gasteiger partial charge in [0, 0.05) is 6.04 Å². The van der Waals surface area contributed by atoms with E-state index in [0.29, 0.717) is 6.61 Å². The van der Waals surface area contributed by atoms with Crippen molar-refractivity contribution in [3.8, 4) is 0 Å². The fourth-order valence-electron chi connectivity index (χ4n) is 1.90. The molecule has 1 aliphatic rings. The Balaban J connectivity index is 2.25. The van der Waals surface area contributed by atoms with Crippen LogP contribution in [0.4, 0.5) is 0 Å². The first-order chi connectivity index (χ1) is 7.42. The van der Waals surface area contributed by atoms with E-state index in [1.807, 2.05) is 0 Å². The molecule has 2 atom stereocenters. The molecule has 0 aliphatic heterocycles. The largest absolute Gasteiger partial charge is 0.377 e. The van der Waals surface area contributed by atoms with Gasteiger partial charge in [-0.2, -0.15) is 0 Å². The highest BCUT2D eigenvalue weighted by atomic mass is 32.2. The summed E-state index contributed by atoms with van der Waals surface area (Å²) in [5, 5.41) is -0.315. The molecule has 1 fully saturated rings. The topological polar surface area (TPSA) is 69.4 Å². The maximum atomic E-state index is 11.5. The van der Waals surface area contributed by atoms with Crippen LogP contribution in [0.3, 0.4) is 0 Å². The summed E-state index contributed by atoms with van der Waals surface area (Å²) in [7, 11) is -2.97. The van der Waals surface area contributed by atoms with Gasteiger partial charge in [0.1, 0.15) is 0 Å². The van der Waals surface area contributed by atoms with E-state index in [4.69, 9.17) is 10.5 Å². The van der Waals surface area contributed by atoms with Gasteiger partial charge in [0.05, 0.1) is 23.7 Å². The first-order valence-electron chi connectivity index (χ1n) is 6.00. The number of hydrogen-bond donors (Lipinski definition) is 1. The van der Waals surface area contributed by atoms with Crippen LogP contribution in [-0.2, 0) is 14.6 Å². The van der Waals surface area contributed by atoms with E-state index < -0.39 is 9.84 Å². The van der Waals surface area contributed by atoms with Gasteiger partial charge < -0.3 is 10.5 Å². The summed E-state index contributed by atoms with van der Waals surface area (Å²) in [5.74, 6) is 0.121. The minimum atomic E-state index is -2.97. The van der Waals surface area contributed by atoms with Gasteiger partial charge in [-0.15, -0.1) is 0 Å². The minimum Gasteiger partial charge on any atom is -0.377 e. The van der Waals surface area contributed by atoms with Crippen LogP contribution in [0.2, 0.25) is 0 Å². The molecule has 0 amide bonds. The fraction of sp³-hybridized carbons (Fsp3) is 1.00. The van der Waals surface area contributed by atoms with E-state index in [0.717, 1.165) is 25.7 Å². The molecule has 0 heterocycles. The van der Waals surface area contributed by atoms with Gasteiger partial charge in [0.25, 0.3) is 0 Å². The summed E-state index contributed by atoms with van der Waals surface area (Å²) in [5.41, 5.74) is 5.83. The normalized spacial score (nSPS) is 27.2. The minimum absolute atomic E-state index is 0.121. The first kappa shape index (κ1) is 13.9. The summed E-state index contributed by atoms with van der Waals surface area (Å²) in [6.07, 6.45) is 4.18. The Morgan fingerprint density at radius 2 is 2.06 bits per heavy atom.